The van der Waals surface area contributed by atoms with Gasteiger partial charge in [-0.1, -0.05) is 48.9 Å². The number of aromatic amines is 1. The number of fused-ring (bicyclic) bond motifs is 3. The van der Waals surface area contributed by atoms with Crippen LogP contribution in [0.15, 0.2) is 48.5 Å². The molecule has 0 unspecified atom stereocenters. The smallest absolute Gasteiger partial charge is 0.144 e. The Bertz CT molecular complexity index is 1210. The number of anilines is 1. The number of rotatable bonds is 8. The summed E-state index contributed by atoms with van der Waals surface area (Å²) in [6.07, 6.45) is 5.99. The van der Waals surface area contributed by atoms with Crippen molar-refractivity contribution in [2.24, 2.45) is 0 Å². The number of benzene rings is 2. The second-order valence-corrected chi connectivity index (χ2v) is 9.36. The van der Waals surface area contributed by atoms with Crippen molar-refractivity contribution in [1.82, 2.24) is 19.9 Å². The summed E-state index contributed by atoms with van der Waals surface area (Å²) in [4.78, 5) is 18.8. The molecule has 5 rings (SSSR count). The van der Waals surface area contributed by atoms with E-state index in [4.69, 9.17) is 9.97 Å². The lowest BCUT2D eigenvalue weighted by Gasteiger charge is -2.28. The molecule has 4 aromatic rings. The van der Waals surface area contributed by atoms with Gasteiger partial charge in [0.15, 0.2) is 0 Å². The molecule has 5 nitrogen and oxygen atoms in total. The molecule has 0 bridgehead atoms. The van der Waals surface area contributed by atoms with E-state index in [2.05, 4.69) is 77.2 Å². The summed E-state index contributed by atoms with van der Waals surface area (Å²) < 4.78 is 0. The summed E-state index contributed by atoms with van der Waals surface area (Å²) in [6, 6.07) is 17.1. The average Bonchev–Trinajstić information content (AvgIpc) is 3.20. The van der Waals surface area contributed by atoms with Crippen molar-refractivity contribution in [3.8, 4) is 0 Å². The molecule has 0 atom stereocenters. The highest BCUT2D eigenvalue weighted by Gasteiger charge is 2.19. The molecule has 3 heterocycles. The summed E-state index contributed by atoms with van der Waals surface area (Å²) in [7, 11) is 0. The SMILES string of the molecule is CCN(CCCN1CCCCC1)c1nc(Cc2ccccc2)nc2[nH]c3cc(C)ccc3c12. The Balaban J connectivity index is 1.49. The molecular weight excluding hydrogens is 406 g/mol. The first-order valence-electron chi connectivity index (χ1n) is 12.5. The van der Waals surface area contributed by atoms with Gasteiger partial charge in [0.25, 0.3) is 0 Å². The number of H-pyrrole nitrogens is 1. The van der Waals surface area contributed by atoms with Crippen LogP contribution in [0.2, 0.25) is 0 Å². The average molecular weight is 442 g/mol. The van der Waals surface area contributed by atoms with Gasteiger partial charge in [-0.15, -0.1) is 0 Å². The van der Waals surface area contributed by atoms with Crippen molar-refractivity contribution in [3.05, 3.63) is 65.5 Å². The van der Waals surface area contributed by atoms with Gasteiger partial charge in [0.2, 0.25) is 0 Å². The van der Waals surface area contributed by atoms with E-state index in [1.54, 1.807) is 0 Å². The molecule has 0 aliphatic carbocycles. The molecular formula is C28H35N5. The van der Waals surface area contributed by atoms with Gasteiger partial charge in [0.05, 0.1) is 5.39 Å². The van der Waals surface area contributed by atoms with E-state index in [1.807, 2.05) is 0 Å². The van der Waals surface area contributed by atoms with Crippen LogP contribution in [0.1, 0.15) is 49.6 Å². The molecule has 172 valence electrons. The molecule has 0 radical (unpaired) electrons. The molecule has 1 aliphatic heterocycles. The molecule has 1 fully saturated rings. The summed E-state index contributed by atoms with van der Waals surface area (Å²) in [5.41, 5.74) is 4.58. The van der Waals surface area contributed by atoms with Crippen LogP contribution in [0.3, 0.4) is 0 Å². The normalized spacial score (nSPS) is 14.8. The van der Waals surface area contributed by atoms with Crippen LogP contribution >= 0.6 is 0 Å². The van der Waals surface area contributed by atoms with Crippen LogP contribution < -0.4 is 4.90 Å². The van der Waals surface area contributed by atoms with Crippen LogP contribution in [0.4, 0.5) is 5.82 Å². The molecule has 0 saturated carbocycles. The van der Waals surface area contributed by atoms with Crippen LogP contribution in [0, 0.1) is 6.92 Å². The molecule has 1 aliphatic rings. The first kappa shape index (κ1) is 21.9. The van der Waals surface area contributed by atoms with Crippen molar-refractivity contribution in [1.29, 1.82) is 0 Å². The van der Waals surface area contributed by atoms with Gasteiger partial charge in [-0.25, -0.2) is 9.97 Å². The number of aromatic nitrogens is 3. The van der Waals surface area contributed by atoms with E-state index in [0.29, 0.717) is 0 Å². The van der Waals surface area contributed by atoms with Gasteiger partial charge in [-0.3, -0.25) is 0 Å². The van der Waals surface area contributed by atoms with Crippen molar-refractivity contribution in [2.45, 2.75) is 46.0 Å². The second-order valence-electron chi connectivity index (χ2n) is 9.36. The van der Waals surface area contributed by atoms with Gasteiger partial charge >= 0.3 is 0 Å². The van der Waals surface area contributed by atoms with Gasteiger partial charge in [0, 0.05) is 30.4 Å². The minimum atomic E-state index is 0.740. The molecule has 2 aromatic heterocycles. The van der Waals surface area contributed by atoms with E-state index in [-0.39, 0.29) is 0 Å². The third-order valence-electron chi connectivity index (χ3n) is 6.87. The number of hydrogen-bond donors (Lipinski definition) is 1. The molecule has 33 heavy (non-hydrogen) atoms. The monoisotopic (exact) mass is 441 g/mol. The van der Waals surface area contributed by atoms with Crippen molar-refractivity contribution < 1.29 is 0 Å². The maximum absolute atomic E-state index is 5.16. The summed E-state index contributed by atoms with van der Waals surface area (Å²) in [6.45, 7) is 10.0. The van der Waals surface area contributed by atoms with Crippen LogP contribution in [-0.4, -0.2) is 52.6 Å². The highest BCUT2D eigenvalue weighted by molar-refractivity contribution is 6.11. The highest BCUT2D eigenvalue weighted by Crippen LogP contribution is 2.32. The Morgan fingerprint density at radius 3 is 2.61 bits per heavy atom. The van der Waals surface area contributed by atoms with E-state index in [1.165, 1.54) is 55.4 Å². The lowest BCUT2D eigenvalue weighted by molar-refractivity contribution is 0.227. The first-order valence-corrected chi connectivity index (χ1v) is 12.5. The lowest BCUT2D eigenvalue weighted by Crippen LogP contribution is -2.33. The second kappa shape index (κ2) is 9.92. The third-order valence-corrected chi connectivity index (χ3v) is 6.87. The van der Waals surface area contributed by atoms with Crippen LogP contribution in [0.5, 0.6) is 0 Å². The zero-order valence-corrected chi connectivity index (χ0v) is 20.0. The summed E-state index contributed by atoms with van der Waals surface area (Å²) >= 11 is 0. The fraction of sp³-hybridized carbons (Fsp3) is 0.429. The van der Waals surface area contributed by atoms with E-state index in [0.717, 1.165) is 54.1 Å². The van der Waals surface area contributed by atoms with Gasteiger partial charge in [0.1, 0.15) is 17.3 Å². The van der Waals surface area contributed by atoms with Gasteiger partial charge in [-0.2, -0.15) is 0 Å². The molecule has 1 N–H and O–H groups in total. The zero-order valence-electron chi connectivity index (χ0n) is 20.0. The van der Waals surface area contributed by atoms with Gasteiger partial charge < -0.3 is 14.8 Å². The van der Waals surface area contributed by atoms with Crippen molar-refractivity contribution >= 4 is 27.8 Å². The fourth-order valence-corrected chi connectivity index (χ4v) is 5.11. The molecule has 1 saturated heterocycles. The van der Waals surface area contributed by atoms with E-state index < -0.39 is 0 Å². The number of likely N-dealkylation sites (tertiary alicyclic amines) is 1. The Labute approximate surface area is 196 Å². The van der Waals surface area contributed by atoms with Crippen molar-refractivity contribution in [3.63, 3.8) is 0 Å². The largest absolute Gasteiger partial charge is 0.356 e. The lowest BCUT2D eigenvalue weighted by atomic mass is 10.1. The third kappa shape index (κ3) is 4.88. The predicted octanol–water partition coefficient (Wildman–Crippen LogP) is 5.71. The predicted molar refractivity (Wildman–Crippen MR) is 138 cm³/mol. The standard InChI is InChI=1S/C28H35N5/c1-3-33(18-10-17-32-15-8-5-9-16-32)28-26-23-14-13-21(2)19-24(23)29-27(26)30-25(31-28)20-22-11-6-4-7-12-22/h4,6-7,11-14,19H,3,5,8-10,15-18,20H2,1-2H3,(H,29,30,31). The van der Waals surface area contributed by atoms with Crippen LogP contribution in [0.25, 0.3) is 21.9 Å². The Kier molecular flexibility index (Phi) is 6.58. The maximum Gasteiger partial charge on any atom is 0.144 e. The Morgan fingerprint density at radius 1 is 1.00 bits per heavy atom. The highest BCUT2D eigenvalue weighted by atomic mass is 15.2. The topological polar surface area (TPSA) is 48.1 Å². The van der Waals surface area contributed by atoms with E-state index in [9.17, 15) is 0 Å². The maximum atomic E-state index is 5.16. The molecule has 0 amide bonds. The number of nitrogens with one attached hydrogen (secondary N) is 1. The van der Waals surface area contributed by atoms with Gasteiger partial charge in [-0.05, 0) is 69.9 Å². The molecule has 5 heteroatoms. The number of piperidine rings is 1. The minimum absolute atomic E-state index is 0.740. The first-order chi connectivity index (χ1) is 16.2. The molecule has 0 spiro atoms. The molecule has 2 aromatic carbocycles. The number of hydrogen-bond acceptors (Lipinski definition) is 4. The quantitative estimate of drug-likeness (QED) is 0.380. The fourth-order valence-electron chi connectivity index (χ4n) is 5.11. The minimum Gasteiger partial charge on any atom is -0.356 e. The van der Waals surface area contributed by atoms with Crippen molar-refractivity contribution in [2.75, 3.05) is 37.6 Å². The van der Waals surface area contributed by atoms with E-state index >= 15 is 0 Å². The zero-order chi connectivity index (χ0) is 22.6. The summed E-state index contributed by atoms with van der Waals surface area (Å²) in [5.74, 6) is 1.95. The Hall–Kier alpha value is -2.92. The Morgan fingerprint density at radius 2 is 1.82 bits per heavy atom. The number of nitrogens with zero attached hydrogens (tertiary/aromatic N) is 4. The van der Waals surface area contributed by atoms with Crippen LogP contribution in [-0.2, 0) is 6.42 Å². The number of aryl methyl sites for hydroxylation is 1. The summed E-state index contributed by atoms with van der Waals surface area (Å²) in [5, 5.41) is 2.37.